The van der Waals surface area contributed by atoms with Gasteiger partial charge in [-0.1, -0.05) is 11.6 Å². The summed E-state index contributed by atoms with van der Waals surface area (Å²) in [5, 5.41) is 6.17. The molecular weight excluding hydrogens is 218 g/mol. The average molecular weight is 232 g/mol. The number of imidazole rings is 1. The predicted molar refractivity (Wildman–Crippen MR) is 57.5 cm³/mol. The molecule has 0 bridgehead atoms. The van der Waals surface area contributed by atoms with Gasteiger partial charge in [0, 0.05) is 20.1 Å². The molecule has 0 aliphatic carbocycles. The lowest BCUT2D eigenvalue weighted by atomic mass is 10.5. The van der Waals surface area contributed by atoms with Gasteiger partial charge in [0.05, 0.1) is 12.7 Å². The first-order chi connectivity index (χ1) is 7.11. The molecular formula is C8H14ClN5O. The summed E-state index contributed by atoms with van der Waals surface area (Å²) in [6.45, 7) is 1.73. The molecule has 0 spiro atoms. The number of primary amides is 1. The third kappa shape index (κ3) is 3.77. The number of amides is 2. The molecule has 6 nitrogen and oxygen atoms in total. The van der Waals surface area contributed by atoms with Gasteiger partial charge >= 0.3 is 6.03 Å². The summed E-state index contributed by atoms with van der Waals surface area (Å²) in [6.07, 6.45) is 1.60. The molecule has 0 aliphatic rings. The lowest BCUT2D eigenvalue weighted by Crippen LogP contribution is -2.35. The summed E-state index contributed by atoms with van der Waals surface area (Å²) >= 11 is 5.81. The molecule has 0 saturated carbocycles. The Morgan fingerprint density at radius 3 is 2.93 bits per heavy atom. The second-order valence-corrected chi connectivity index (χ2v) is 3.41. The molecule has 0 aliphatic heterocycles. The third-order valence-electron chi connectivity index (χ3n) is 1.91. The second kappa shape index (κ2) is 5.57. The van der Waals surface area contributed by atoms with E-state index in [-0.39, 0.29) is 0 Å². The Bertz CT molecular complexity index is 338. The molecule has 0 radical (unpaired) electrons. The normalized spacial score (nSPS) is 10.3. The number of carbonyl (C=O) groups is 1. The zero-order chi connectivity index (χ0) is 11.3. The van der Waals surface area contributed by atoms with Crippen LogP contribution in [0.2, 0.25) is 5.15 Å². The number of nitrogens with one attached hydrogen (secondary N) is 2. The molecule has 0 unspecified atom stereocenters. The smallest absolute Gasteiger partial charge is 0.312 e. The third-order valence-corrected chi connectivity index (χ3v) is 2.26. The number of carbonyl (C=O) groups excluding carboxylic acids is 1. The van der Waals surface area contributed by atoms with Gasteiger partial charge in [0.25, 0.3) is 0 Å². The molecule has 0 atom stereocenters. The predicted octanol–water partition coefficient (Wildman–Crippen LogP) is -0.169. The molecule has 84 valence electrons. The molecule has 1 aromatic rings. The van der Waals surface area contributed by atoms with E-state index in [1.54, 1.807) is 10.8 Å². The topological polar surface area (TPSA) is 85.0 Å². The minimum absolute atomic E-state index is 0.494. The second-order valence-electron chi connectivity index (χ2n) is 3.02. The Morgan fingerprint density at radius 1 is 1.67 bits per heavy atom. The summed E-state index contributed by atoms with van der Waals surface area (Å²) in [5.41, 5.74) is 4.90. The summed E-state index contributed by atoms with van der Waals surface area (Å²) < 4.78 is 1.79. The highest BCUT2D eigenvalue weighted by atomic mass is 35.5. The fourth-order valence-corrected chi connectivity index (χ4v) is 1.21. The monoisotopic (exact) mass is 231 g/mol. The average Bonchev–Trinajstić information content (AvgIpc) is 2.48. The van der Waals surface area contributed by atoms with Gasteiger partial charge in [-0.25, -0.2) is 9.78 Å². The standard InChI is InChI=1S/C8H14ClN5O/c1-14-6(9)4-13-7(14)5-11-2-3-12-8(10)15/h4,11H,2-3,5H2,1H3,(H3,10,12,15). The molecule has 1 heterocycles. The van der Waals surface area contributed by atoms with Crippen molar-refractivity contribution >= 4 is 17.6 Å². The zero-order valence-corrected chi connectivity index (χ0v) is 9.21. The van der Waals surface area contributed by atoms with Crippen LogP contribution >= 0.6 is 11.6 Å². The lowest BCUT2D eigenvalue weighted by molar-refractivity contribution is 0.249. The number of nitrogens with two attached hydrogens (primary N) is 1. The quantitative estimate of drug-likeness (QED) is 0.616. The van der Waals surface area contributed by atoms with E-state index in [9.17, 15) is 4.79 Å². The van der Waals surface area contributed by atoms with Gasteiger partial charge in [0.1, 0.15) is 11.0 Å². The Kier molecular flexibility index (Phi) is 4.38. The molecule has 1 aromatic heterocycles. The zero-order valence-electron chi connectivity index (χ0n) is 8.46. The minimum atomic E-state index is -0.517. The lowest BCUT2D eigenvalue weighted by Gasteiger charge is -2.05. The van der Waals surface area contributed by atoms with Crippen LogP contribution in [0.15, 0.2) is 6.20 Å². The van der Waals surface area contributed by atoms with Crippen LogP contribution in [0.1, 0.15) is 5.82 Å². The van der Waals surface area contributed by atoms with Gasteiger partial charge in [0.2, 0.25) is 0 Å². The van der Waals surface area contributed by atoms with E-state index in [0.29, 0.717) is 24.8 Å². The van der Waals surface area contributed by atoms with Crippen LogP contribution in [0.3, 0.4) is 0 Å². The van der Waals surface area contributed by atoms with Crippen LogP contribution < -0.4 is 16.4 Å². The van der Waals surface area contributed by atoms with Crippen molar-refractivity contribution < 1.29 is 4.79 Å². The summed E-state index contributed by atoms with van der Waals surface area (Å²) in [5.74, 6) is 0.846. The fourth-order valence-electron chi connectivity index (χ4n) is 1.06. The summed E-state index contributed by atoms with van der Waals surface area (Å²) in [4.78, 5) is 14.4. The SMILES string of the molecule is Cn1c(Cl)cnc1CNCCNC(N)=O. The van der Waals surface area contributed by atoms with Crippen LogP contribution in [0.4, 0.5) is 4.79 Å². The van der Waals surface area contributed by atoms with Crippen molar-refractivity contribution in [2.75, 3.05) is 13.1 Å². The number of halogens is 1. The van der Waals surface area contributed by atoms with Gasteiger partial charge in [-0.15, -0.1) is 0 Å². The van der Waals surface area contributed by atoms with E-state index in [0.717, 1.165) is 5.82 Å². The van der Waals surface area contributed by atoms with Crippen molar-refractivity contribution in [1.82, 2.24) is 20.2 Å². The molecule has 0 fully saturated rings. The van der Waals surface area contributed by atoms with Gasteiger partial charge < -0.3 is 20.9 Å². The number of urea groups is 1. The summed E-state index contributed by atoms with van der Waals surface area (Å²) in [7, 11) is 1.84. The first kappa shape index (κ1) is 11.8. The maximum atomic E-state index is 10.3. The molecule has 0 saturated heterocycles. The van der Waals surface area contributed by atoms with E-state index in [1.165, 1.54) is 0 Å². The number of aromatic nitrogens is 2. The van der Waals surface area contributed by atoms with Crippen LogP contribution in [-0.2, 0) is 13.6 Å². The molecule has 4 N–H and O–H groups in total. The number of hydrogen-bond donors (Lipinski definition) is 3. The number of rotatable bonds is 5. The Hall–Kier alpha value is -1.27. The maximum Gasteiger partial charge on any atom is 0.312 e. The maximum absolute atomic E-state index is 10.3. The molecule has 15 heavy (non-hydrogen) atoms. The van der Waals surface area contributed by atoms with Crippen LogP contribution in [0, 0.1) is 0 Å². The van der Waals surface area contributed by atoms with Crippen molar-refractivity contribution in [2.45, 2.75) is 6.54 Å². The van der Waals surface area contributed by atoms with Crippen molar-refractivity contribution in [3.63, 3.8) is 0 Å². The van der Waals surface area contributed by atoms with E-state index >= 15 is 0 Å². The highest BCUT2D eigenvalue weighted by Gasteiger charge is 2.02. The Labute approximate surface area is 92.8 Å². The fraction of sp³-hybridized carbons (Fsp3) is 0.500. The van der Waals surface area contributed by atoms with E-state index in [4.69, 9.17) is 17.3 Å². The van der Waals surface area contributed by atoms with Gasteiger partial charge in [-0.05, 0) is 0 Å². The first-order valence-corrected chi connectivity index (χ1v) is 4.89. The van der Waals surface area contributed by atoms with E-state index in [2.05, 4.69) is 15.6 Å². The molecule has 7 heteroatoms. The largest absolute Gasteiger partial charge is 0.352 e. The highest BCUT2D eigenvalue weighted by Crippen LogP contribution is 2.08. The Morgan fingerprint density at radius 2 is 2.40 bits per heavy atom. The summed E-state index contributed by atoms with van der Waals surface area (Å²) in [6, 6.07) is -0.517. The van der Waals surface area contributed by atoms with Gasteiger partial charge in [0.15, 0.2) is 0 Å². The van der Waals surface area contributed by atoms with Crippen molar-refractivity contribution in [3.05, 3.63) is 17.2 Å². The highest BCUT2D eigenvalue weighted by molar-refractivity contribution is 6.29. The van der Waals surface area contributed by atoms with Crippen molar-refractivity contribution in [1.29, 1.82) is 0 Å². The van der Waals surface area contributed by atoms with Gasteiger partial charge in [-0.3, -0.25) is 0 Å². The van der Waals surface area contributed by atoms with Crippen molar-refractivity contribution in [2.24, 2.45) is 12.8 Å². The van der Waals surface area contributed by atoms with E-state index < -0.39 is 6.03 Å². The van der Waals surface area contributed by atoms with Crippen LogP contribution in [-0.4, -0.2) is 28.7 Å². The molecule has 2 amide bonds. The molecule has 0 aromatic carbocycles. The van der Waals surface area contributed by atoms with Gasteiger partial charge in [-0.2, -0.15) is 0 Å². The van der Waals surface area contributed by atoms with Crippen LogP contribution in [0.25, 0.3) is 0 Å². The molecule has 1 rings (SSSR count). The van der Waals surface area contributed by atoms with Crippen molar-refractivity contribution in [3.8, 4) is 0 Å². The first-order valence-electron chi connectivity index (χ1n) is 4.51. The van der Waals surface area contributed by atoms with E-state index in [1.807, 2.05) is 7.05 Å². The number of hydrogen-bond acceptors (Lipinski definition) is 3. The Balaban J connectivity index is 2.20. The number of nitrogens with zero attached hydrogens (tertiary/aromatic N) is 2. The van der Waals surface area contributed by atoms with Crippen LogP contribution in [0.5, 0.6) is 0 Å². The minimum Gasteiger partial charge on any atom is -0.352 e.